The van der Waals surface area contributed by atoms with Crippen LogP contribution in [0.3, 0.4) is 0 Å². The van der Waals surface area contributed by atoms with E-state index in [9.17, 15) is 9.59 Å². The first-order valence-electron chi connectivity index (χ1n) is 13.1. The van der Waals surface area contributed by atoms with Crippen LogP contribution in [0.2, 0.25) is 0 Å². The van der Waals surface area contributed by atoms with Gasteiger partial charge in [0.2, 0.25) is 5.91 Å². The summed E-state index contributed by atoms with van der Waals surface area (Å²) in [5.41, 5.74) is 5.07. The smallest absolute Gasteiger partial charge is 0.268 e. The second-order valence-electron chi connectivity index (χ2n) is 9.36. The van der Waals surface area contributed by atoms with Crippen LogP contribution in [-0.4, -0.2) is 21.2 Å². The molecule has 2 aromatic heterocycles. The van der Waals surface area contributed by atoms with E-state index in [4.69, 9.17) is 4.98 Å². The molecule has 6 rings (SSSR count). The van der Waals surface area contributed by atoms with E-state index in [1.54, 1.807) is 4.57 Å². The number of nitrogens with one attached hydrogen (secondary N) is 2. The lowest BCUT2D eigenvalue weighted by Crippen LogP contribution is -2.22. The third kappa shape index (κ3) is 5.79. The zero-order chi connectivity index (χ0) is 28.2. The summed E-state index contributed by atoms with van der Waals surface area (Å²) in [5, 5.41) is 7.36. The van der Waals surface area contributed by atoms with Gasteiger partial charge in [0.1, 0.15) is 4.83 Å². The fourth-order valence-electron chi connectivity index (χ4n) is 4.65. The Morgan fingerprint density at radius 2 is 1.39 bits per heavy atom. The number of para-hydroxylation sites is 2. The Morgan fingerprint density at radius 3 is 2.07 bits per heavy atom. The van der Waals surface area contributed by atoms with E-state index in [0.29, 0.717) is 26.7 Å². The third-order valence-electron chi connectivity index (χ3n) is 6.51. The Morgan fingerprint density at radius 1 is 0.805 bits per heavy atom. The number of rotatable bonds is 8. The number of benzene rings is 4. The van der Waals surface area contributed by atoms with Crippen LogP contribution in [0, 0.1) is 6.92 Å². The molecule has 4 aromatic carbocycles. The molecule has 0 aliphatic heterocycles. The second kappa shape index (κ2) is 11.8. The van der Waals surface area contributed by atoms with Crippen molar-refractivity contribution in [1.82, 2.24) is 9.55 Å². The van der Waals surface area contributed by atoms with Crippen LogP contribution in [0.4, 0.5) is 17.1 Å². The summed E-state index contributed by atoms with van der Waals surface area (Å²) in [6.07, 6.45) is 0. The largest absolute Gasteiger partial charge is 0.356 e. The van der Waals surface area contributed by atoms with Gasteiger partial charge in [-0.3, -0.25) is 14.2 Å². The van der Waals surface area contributed by atoms with Gasteiger partial charge in [-0.2, -0.15) is 0 Å². The summed E-state index contributed by atoms with van der Waals surface area (Å²) in [6.45, 7) is 2.02. The Bertz CT molecular complexity index is 1870. The molecule has 8 heteroatoms. The molecule has 0 saturated heterocycles. The van der Waals surface area contributed by atoms with Crippen molar-refractivity contribution in [2.45, 2.75) is 12.1 Å². The molecule has 41 heavy (non-hydrogen) atoms. The van der Waals surface area contributed by atoms with Crippen molar-refractivity contribution in [2.75, 3.05) is 16.4 Å². The number of aryl methyl sites for hydroxylation is 1. The Kier molecular flexibility index (Phi) is 7.67. The molecule has 2 heterocycles. The number of thiophene rings is 1. The maximum atomic E-state index is 14.1. The number of hydrogen-bond donors (Lipinski definition) is 2. The molecule has 1 amide bonds. The van der Waals surface area contributed by atoms with Gasteiger partial charge in [0, 0.05) is 27.5 Å². The lowest BCUT2D eigenvalue weighted by molar-refractivity contribution is -0.113. The van der Waals surface area contributed by atoms with Crippen LogP contribution >= 0.6 is 23.1 Å². The summed E-state index contributed by atoms with van der Waals surface area (Å²) in [7, 11) is 0. The van der Waals surface area contributed by atoms with Gasteiger partial charge in [0.15, 0.2) is 5.16 Å². The molecule has 0 unspecified atom stereocenters. The first kappa shape index (κ1) is 26.6. The van der Waals surface area contributed by atoms with Gasteiger partial charge in [-0.1, -0.05) is 78.5 Å². The Balaban J connectivity index is 1.26. The third-order valence-corrected chi connectivity index (χ3v) is 8.45. The van der Waals surface area contributed by atoms with Gasteiger partial charge in [-0.25, -0.2) is 4.98 Å². The van der Waals surface area contributed by atoms with Crippen molar-refractivity contribution in [3.8, 4) is 16.8 Å². The minimum atomic E-state index is -0.180. The summed E-state index contributed by atoms with van der Waals surface area (Å²) in [6, 6.07) is 36.8. The van der Waals surface area contributed by atoms with Gasteiger partial charge >= 0.3 is 0 Å². The van der Waals surface area contributed by atoms with Gasteiger partial charge in [-0.15, -0.1) is 11.3 Å². The predicted molar refractivity (Wildman–Crippen MR) is 171 cm³/mol. The normalized spacial score (nSPS) is 11.0. The monoisotopic (exact) mass is 574 g/mol. The van der Waals surface area contributed by atoms with Crippen molar-refractivity contribution in [3.63, 3.8) is 0 Å². The van der Waals surface area contributed by atoms with E-state index >= 15 is 0 Å². The van der Waals surface area contributed by atoms with Gasteiger partial charge in [-0.05, 0) is 61.0 Å². The average Bonchev–Trinajstić information content (AvgIpc) is 3.34. The summed E-state index contributed by atoms with van der Waals surface area (Å²) in [4.78, 5) is 33.6. The molecule has 2 N–H and O–H groups in total. The first-order chi connectivity index (χ1) is 20.1. The molecule has 0 radical (unpaired) electrons. The minimum Gasteiger partial charge on any atom is -0.356 e. The van der Waals surface area contributed by atoms with Crippen LogP contribution in [0.15, 0.2) is 125 Å². The number of aromatic nitrogens is 2. The van der Waals surface area contributed by atoms with Crippen LogP contribution < -0.4 is 16.2 Å². The number of hydrogen-bond acceptors (Lipinski definition) is 6. The van der Waals surface area contributed by atoms with Crippen LogP contribution in [0.5, 0.6) is 0 Å². The highest BCUT2D eigenvalue weighted by Gasteiger charge is 2.21. The van der Waals surface area contributed by atoms with Crippen molar-refractivity contribution in [3.05, 3.63) is 130 Å². The zero-order valence-electron chi connectivity index (χ0n) is 22.2. The standard InChI is InChI=1S/C33H26N4O2S2/c1-22-29(23-11-5-2-6-12-23)30-31(41-22)36-33(37(32(30)39)27-15-9-4-10-16-27)40-21-28(38)35-26-19-17-25(18-20-26)34-24-13-7-3-8-14-24/h2-20,34H,21H2,1H3,(H,35,38). The van der Waals surface area contributed by atoms with Gasteiger partial charge < -0.3 is 10.6 Å². The first-order valence-corrected chi connectivity index (χ1v) is 14.9. The number of carbonyl (C=O) groups excluding carboxylic acids is 1. The van der Waals surface area contributed by atoms with E-state index in [1.807, 2.05) is 122 Å². The van der Waals surface area contributed by atoms with E-state index in [1.165, 1.54) is 23.1 Å². The highest BCUT2D eigenvalue weighted by atomic mass is 32.2. The molecular weight excluding hydrogens is 549 g/mol. The van der Waals surface area contributed by atoms with E-state index in [-0.39, 0.29) is 17.2 Å². The molecule has 6 aromatic rings. The number of carbonyl (C=O) groups is 1. The molecule has 0 atom stereocenters. The Labute approximate surface area is 245 Å². The molecular formula is C33H26N4O2S2. The van der Waals surface area contributed by atoms with Crippen LogP contribution in [0.1, 0.15) is 4.88 Å². The number of nitrogens with zero attached hydrogens (tertiary/aromatic N) is 2. The number of anilines is 3. The average molecular weight is 575 g/mol. The highest BCUT2D eigenvalue weighted by Crippen LogP contribution is 2.37. The molecule has 0 fully saturated rings. The van der Waals surface area contributed by atoms with Gasteiger partial charge in [0.25, 0.3) is 5.56 Å². The zero-order valence-corrected chi connectivity index (χ0v) is 23.8. The molecule has 0 spiro atoms. The maximum Gasteiger partial charge on any atom is 0.268 e. The molecule has 0 bridgehead atoms. The van der Waals surface area contributed by atoms with Crippen molar-refractivity contribution < 1.29 is 4.79 Å². The fourth-order valence-corrected chi connectivity index (χ4v) is 6.55. The molecule has 6 nitrogen and oxygen atoms in total. The summed E-state index contributed by atoms with van der Waals surface area (Å²) < 4.78 is 1.61. The predicted octanol–water partition coefficient (Wildman–Crippen LogP) is 7.90. The van der Waals surface area contributed by atoms with Crippen molar-refractivity contribution in [2.24, 2.45) is 0 Å². The van der Waals surface area contributed by atoms with Gasteiger partial charge in [0.05, 0.1) is 16.8 Å². The van der Waals surface area contributed by atoms with Crippen molar-refractivity contribution in [1.29, 1.82) is 0 Å². The second-order valence-corrected chi connectivity index (χ2v) is 11.5. The quantitative estimate of drug-likeness (QED) is 0.143. The summed E-state index contributed by atoms with van der Waals surface area (Å²) >= 11 is 2.75. The Hall–Kier alpha value is -4.66. The SMILES string of the molecule is Cc1sc2nc(SCC(=O)Nc3ccc(Nc4ccccc4)cc3)n(-c3ccccc3)c(=O)c2c1-c1ccccc1. The van der Waals surface area contributed by atoms with E-state index in [0.717, 1.165) is 27.4 Å². The lowest BCUT2D eigenvalue weighted by Gasteiger charge is -2.13. The maximum absolute atomic E-state index is 14.1. The molecule has 0 saturated carbocycles. The minimum absolute atomic E-state index is 0.102. The lowest BCUT2D eigenvalue weighted by atomic mass is 10.0. The summed E-state index contributed by atoms with van der Waals surface area (Å²) in [5.74, 6) is -0.0786. The molecule has 202 valence electrons. The number of thioether (sulfide) groups is 1. The fraction of sp³-hybridized carbons (Fsp3) is 0.0606. The molecule has 0 aliphatic rings. The van der Waals surface area contributed by atoms with Crippen LogP contribution in [-0.2, 0) is 4.79 Å². The number of fused-ring (bicyclic) bond motifs is 1. The van der Waals surface area contributed by atoms with Crippen molar-refractivity contribution >= 4 is 56.3 Å². The molecule has 0 aliphatic carbocycles. The topological polar surface area (TPSA) is 76.0 Å². The van der Waals surface area contributed by atoms with E-state index in [2.05, 4.69) is 10.6 Å². The van der Waals surface area contributed by atoms with E-state index < -0.39 is 0 Å². The number of amides is 1. The van der Waals surface area contributed by atoms with Crippen LogP contribution in [0.25, 0.3) is 27.0 Å². The highest BCUT2D eigenvalue weighted by molar-refractivity contribution is 7.99.